The van der Waals surface area contributed by atoms with E-state index >= 15 is 0 Å². The summed E-state index contributed by atoms with van der Waals surface area (Å²) in [6, 6.07) is 9.27. The second kappa shape index (κ2) is 10.7. The number of allylic oxidation sites excluding steroid dienone is 1. The number of esters is 2. The fourth-order valence-corrected chi connectivity index (χ4v) is 2.60. The molecule has 4 nitrogen and oxygen atoms in total. The smallest absolute Gasteiger partial charge is 0.310 e. The Morgan fingerprint density at radius 2 is 1.81 bits per heavy atom. The second-order valence-electron chi connectivity index (χ2n) is 7.20. The summed E-state index contributed by atoms with van der Waals surface area (Å²) < 4.78 is 23.5. The third kappa shape index (κ3) is 7.81. The number of ether oxygens (including phenoxy) is 2. The van der Waals surface area contributed by atoms with Crippen molar-refractivity contribution >= 4 is 11.9 Å². The van der Waals surface area contributed by atoms with Gasteiger partial charge in [0.2, 0.25) is 0 Å². The molecule has 0 aliphatic rings. The molecule has 1 aromatic carbocycles. The van der Waals surface area contributed by atoms with E-state index in [9.17, 15) is 14.0 Å². The van der Waals surface area contributed by atoms with Gasteiger partial charge in [0.1, 0.15) is 12.2 Å². The predicted molar refractivity (Wildman–Crippen MR) is 99.1 cm³/mol. The molecule has 0 saturated carbocycles. The number of benzene rings is 1. The predicted octanol–water partition coefficient (Wildman–Crippen LogP) is 4.63. The van der Waals surface area contributed by atoms with E-state index in [0.29, 0.717) is 0 Å². The molecule has 144 valence electrons. The zero-order valence-corrected chi connectivity index (χ0v) is 15.9. The Bertz CT molecular complexity index is 577. The highest BCUT2D eigenvalue weighted by molar-refractivity contribution is 5.82. The molecule has 2 atom stereocenters. The Hall–Kier alpha value is -2.17. The first-order valence-electron chi connectivity index (χ1n) is 8.88. The number of carbonyl (C=O) groups is 2. The highest BCUT2D eigenvalue weighted by Gasteiger charge is 2.36. The van der Waals surface area contributed by atoms with Crippen LogP contribution < -0.4 is 0 Å². The number of hydrogen-bond donors (Lipinski definition) is 0. The third-order valence-electron chi connectivity index (χ3n) is 3.79. The van der Waals surface area contributed by atoms with Crippen LogP contribution in [0, 0.1) is 11.8 Å². The number of rotatable bonds is 10. The van der Waals surface area contributed by atoms with Crippen molar-refractivity contribution in [1.29, 1.82) is 0 Å². The lowest BCUT2D eigenvalue weighted by atomic mass is 9.85. The topological polar surface area (TPSA) is 52.6 Å². The lowest BCUT2D eigenvalue weighted by molar-refractivity contribution is -0.169. The van der Waals surface area contributed by atoms with Crippen LogP contribution in [0.3, 0.4) is 0 Å². The molecule has 0 bridgehead atoms. The van der Waals surface area contributed by atoms with Gasteiger partial charge in [0, 0.05) is 0 Å². The van der Waals surface area contributed by atoms with Gasteiger partial charge in [0.05, 0.1) is 18.5 Å². The van der Waals surface area contributed by atoms with Crippen LogP contribution in [0.25, 0.3) is 0 Å². The largest absolute Gasteiger partial charge is 0.461 e. The first-order chi connectivity index (χ1) is 12.3. The molecular formula is C21H29FO4. The van der Waals surface area contributed by atoms with E-state index in [-0.39, 0.29) is 25.9 Å². The molecule has 0 amide bonds. The van der Waals surface area contributed by atoms with E-state index in [0.717, 1.165) is 5.56 Å². The summed E-state index contributed by atoms with van der Waals surface area (Å²) in [5.41, 5.74) is 0.178. The molecule has 0 heterocycles. The van der Waals surface area contributed by atoms with Crippen molar-refractivity contribution in [2.45, 2.75) is 52.2 Å². The summed E-state index contributed by atoms with van der Waals surface area (Å²) in [5.74, 6) is -2.50. The summed E-state index contributed by atoms with van der Waals surface area (Å²) in [4.78, 5) is 25.2. The molecule has 0 aromatic heterocycles. The lowest BCUT2D eigenvalue weighted by Crippen LogP contribution is -2.36. The van der Waals surface area contributed by atoms with Crippen LogP contribution in [0.15, 0.2) is 43.0 Å². The minimum Gasteiger partial charge on any atom is -0.461 e. The summed E-state index contributed by atoms with van der Waals surface area (Å²) in [5, 5.41) is 0. The highest BCUT2D eigenvalue weighted by atomic mass is 19.1. The monoisotopic (exact) mass is 364 g/mol. The maximum absolute atomic E-state index is 12.7. The standard InChI is InChI=1S/C21H29FO4/c1-5-10-17(20(24)26-21(2,3)4)18(13-9-14-22)19(23)25-15-16-11-7-6-8-12-16/h5-8,11-12,17-18H,1,9-10,13-15H2,2-4H3/t17-,18+/m0/s1. The molecule has 1 aromatic rings. The van der Waals surface area contributed by atoms with Crippen LogP contribution in [-0.2, 0) is 25.7 Å². The normalized spacial score (nSPS) is 13.5. The van der Waals surface area contributed by atoms with Crippen molar-refractivity contribution in [3.63, 3.8) is 0 Å². The Kier molecular flexibility index (Phi) is 9.03. The highest BCUT2D eigenvalue weighted by Crippen LogP contribution is 2.27. The zero-order valence-electron chi connectivity index (χ0n) is 15.9. The van der Waals surface area contributed by atoms with E-state index in [1.54, 1.807) is 26.8 Å². The van der Waals surface area contributed by atoms with Crippen LogP contribution in [0.5, 0.6) is 0 Å². The Morgan fingerprint density at radius 3 is 2.35 bits per heavy atom. The Labute approximate surface area is 155 Å². The number of hydrogen-bond acceptors (Lipinski definition) is 4. The fraction of sp³-hybridized carbons (Fsp3) is 0.524. The van der Waals surface area contributed by atoms with Gasteiger partial charge in [-0.05, 0) is 45.6 Å². The van der Waals surface area contributed by atoms with E-state index in [2.05, 4.69) is 6.58 Å². The van der Waals surface area contributed by atoms with E-state index < -0.39 is 36.1 Å². The summed E-state index contributed by atoms with van der Waals surface area (Å²) in [7, 11) is 0. The third-order valence-corrected chi connectivity index (χ3v) is 3.79. The van der Waals surface area contributed by atoms with Gasteiger partial charge < -0.3 is 9.47 Å². The molecule has 0 aliphatic heterocycles. The van der Waals surface area contributed by atoms with Gasteiger partial charge in [-0.3, -0.25) is 14.0 Å². The molecule has 0 unspecified atom stereocenters. The van der Waals surface area contributed by atoms with E-state index in [1.807, 2.05) is 30.3 Å². The lowest BCUT2D eigenvalue weighted by Gasteiger charge is -2.27. The number of alkyl halides is 1. The van der Waals surface area contributed by atoms with Gasteiger partial charge in [0.25, 0.3) is 0 Å². The van der Waals surface area contributed by atoms with Gasteiger partial charge in [-0.15, -0.1) is 6.58 Å². The molecule has 0 spiro atoms. The second-order valence-corrected chi connectivity index (χ2v) is 7.20. The van der Waals surface area contributed by atoms with Crippen LogP contribution in [0.2, 0.25) is 0 Å². The summed E-state index contributed by atoms with van der Waals surface area (Å²) in [6.45, 7) is 8.51. The average molecular weight is 364 g/mol. The van der Waals surface area contributed by atoms with Gasteiger partial charge >= 0.3 is 11.9 Å². The average Bonchev–Trinajstić information content (AvgIpc) is 2.58. The Balaban J connectivity index is 2.89. The van der Waals surface area contributed by atoms with E-state index in [1.165, 1.54) is 0 Å². The van der Waals surface area contributed by atoms with Gasteiger partial charge in [-0.1, -0.05) is 36.4 Å². The minimum absolute atomic E-state index is 0.112. The van der Waals surface area contributed by atoms with Crippen molar-refractivity contribution in [2.75, 3.05) is 6.67 Å². The van der Waals surface area contributed by atoms with Gasteiger partial charge in [-0.25, -0.2) is 0 Å². The first kappa shape index (κ1) is 21.9. The van der Waals surface area contributed by atoms with Crippen molar-refractivity contribution in [1.82, 2.24) is 0 Å². The minimum atomic E-state index is -0.762. The molecule has 0 saturated heterocycles. The summed E-state index contributed by atoms with van der Waals surface area (Å²) >= 11 is 0. The van der Waals surface area contributed by atoms with Crippen molar-refractivity contribution in [3.05, 3.63) is 48.6 Å². The van der Waals surface area contributed by atoms with Crippen molar-refractivity contribution < 1.29 is 23.5 Å². The molecule has 26 heavy (non-hydrogen) atoms. The van der Waals surface area contributed by atoms with Crippen LogP contribution in [0.4, 0.5) is 4.39 Å². The quantitative estimate of drug-likeness (QED) is 0.449. The summed E-state index contributed by atoms with van der Waals surface area (Å²) in [6.07, 6.45) is 2.25. The molecular weight excluding hydrogens is 335 g/mol. The zero-order chi connectivity index (χ0) is 19.6. The van der Waals surface area contributed by atoms with Crippen molar-refractivity contribution in [3.8, 4) is 0 Å². The van der Waals surface area contributed by atoms with Crippen LogP contribution in [0.1, 0.15) is 45.6 Å². The van der Waals surface area contributed by atoms with E-state index in [4.69, 9.17) is 9.47 Å². The molecule has 0 aliphatic carbocycles. The Morgan fingerprint density at radius 1 is 1.15 bits per heavy atom. The maximum atomic E-state index is 12.7. The fourth-order valence-electron chi connectivity index (χ4n) is 2.60. The van der Waals surface area contributed by atoms with Crippen LogP contribution in [-0.4, -0.2) is 24.2 Å². The van der Waals surface area contributed by atoms with Gasteiger partial charge in [0.15, 0.2) is 0 Å². The first-order valence-corrected chi connectivity index (χ1v) is 8.88. The molecule has 0 fully saturated rings. The number of halogens is 1. The molecule has 1 rings (SSSR count). The number of carbonyl (C=O) groups excluding carboxylic acids is 2. The maximum Gasteiger partial charge on any atom is 0.310 e. The van der Waals surface area contributed by atoms with Crippen molar-refractivity contribution in [2.24, 2.45) is 11.8 Å². The van der Waals surface area contributed by atoms with Gasteiger partial charge in [-0.2, -0.15) is 0 Å². The van der Waals surface area contributed by atoms with Crippen LogP contribution >= 0.6 is 0 Å². The molecule has 0 N–H and O–H groups in total. The molecule has 5 heteroatoms. The molecule has 0 radical (unpaired) electrons. The SMILES string of the molecule is C=CC[C@H](C(=O)OC(C)(C)C)[C@@H](CCCF)C(=O)OCc1ccccc1.